The van der Waals surface area contributed by atoms with E-state index < -0.39 is 0 Å². The van der Waals surface area contributed by atoms with Gasteiger partial charge in [0.25, 0.3) is 0 Å². The molecule has 0 aromatic rings. The highest BCUT2D eigenvalue weighted by atomic mass is 16.1. The smallest absolute Gasteiger partial charge is 0.156 e. The van der Waals surface area contributed by atoms with Crippen LogP contribution in [0.25, 0.3) is 0 Å². The Balaban J connectivity index is 2.28. The Hall–Kier alpha value is -0.370. The van der Waals surface area contributed by atoms with Crippen LogP contribution in [0, 0.1) is 5.92 Å². The zero-order valence-corrected chi connectivity index (χ0v) is 8.68. The summed E-state index contributed by atoms with van der Waals surface area (Å²) in [4.78, 5) is 14.3. The van der Waals surface area contributed by atoms with E-state index in [4.69, 9.17) is 0 Å². The predicted octanol–water partition coefficient (Wildman–Crippen LogP) is 1.84. The number of likely N-dealkylation sites (N-methyl/N-ethyl adjacent to an activating group) is 1. The number of rotatable bonds is 1. The monoisotopic (exact) mass is 181 g/mol. The van der Waals surface area contributed by atoms with E-state index in [0.717, 1.165) is 25.7 Å². The Morgan fingerprint density at radius 3 is 2.15 bits per heavy atom. The summed E-state index contributed by atoms with van der Waals surface area (Å²) in [6, 6.07) is 0. The van der Waals surface area contributed by atoms with Crippen LogP contribution in [0.5, 0.6) is 0 Å². The molecule has 13 heavy (non-hydrogen) atoms. The highest BCUT2D eigenvalue weighted by Crippen LogP contribution is 2.42. The molecule has 2 bridgehead atoms. The van der Waals surface area contributed by atoms with Gasteiger partial charge < -0.3 is 0 Å². The summed E-state index contributed by atoms with van der Waals surface area (Å²) >= 11 is 0. The number of fused-ring (bicyclic) bond motifs is 2. The Bertz CT molecular complexity index is 212. The quantitative estimate of drug-likeness (QED) is 0.615. The van der Waals surface area contributed by atoms with Crippen molar-refractivity contribution < 1.29 is 4.79 Å². The molecule has 0 radical (unpaired) electrons. The lowest BCUT2D eigenvalue weighted by Crippen LogP contribution is -2.57. The van der Waals surface area contributed by atoms with Crippen molar-refractivity contribution in [3.63, 3.8) is 0 Å². The summed E-state index contributed by atoms with van der Waals surface area (Å²) in [7, 11) is 4.12. The van der Waals surface area contributed by atoms with Crippen LogP contribution in [0.15, 0.2) is 0 Å². The van der Waals surface area contributed by atoms with Crippen LogP contribution in [-0.4, -0.2) is 30.3 Å². The number of Topliss-reactive ketones (excluding diaryl/α,β-unsaturated/α-hetero) is 1. The summed E-state index contributed by atoms with van der Waals surface area (Å²) in [6.07, 6.45) is 6.97. The molecule has 2 rings (SSSR count). The van der Waals surface area contributed by atoms with Gasteiger partial charge in [-0.15, -0.1) is 0 Å². The molecular formula is C11H19NO. The topological polar surface area (TPSA) is 20.3 Å². The number of carbonyl (C=O) groups excluding carboxylic acids is 1. The first-order valence-corrected chi connectivity index (χ1v) is 5.38. The first kappa shape index (κ1) is 9.20. The van der Waals surface area contributed by atoms with Gasteiger partial charge in [-0.1, -0.05) is 12.8 Å². The van der Waals surface area contributed by atoms with E-state index in [-0.39, 0.29) is 5.54 Å². The molecule has 2 nitrogen and oxygen atoms in total. The van der Waals surface area contributed by atoms with Crippen molar-refractivity contribution in [1.82, 2.24) is 4.90 Å². The molecule has 2 fully saturated rings. The van der Waals surface area contributed by atoms with Crippen molar-refractivity contribution in [2.75, 3.05) is 14.1 Å². The summed E-state index contributed by atoms with van der Waals surface area (Å²) in [6.45, 7) is 0. The van der Waals surface area contributed by atoms with Crippen LogP contribution in [0.1, 0.15) is 38.5 Å². The number of ketones is 1. The standard InChI is InChI=1S/C11H19NO/c1-12(2)11-7-3-5-9(10(11)13)6-4-8-11/h9H,3-8H2,1-2H3. The van der Waals surface area contributed by atoms with E-state index in [1.54, 1.807) is 0 Å². The number of hydrogen-bond acceptors (Lipinski definition) is 2. The third kappa shape index (κ3) is 1.23. The maximum atomic E-state index is 12.1. The summed E-state index contributed by atoms with van der Waals surface area (Å²) in [5, 5.41) is 0. The van der Waals surface area contributed by atoms with Crippen LogP contribution >= 0.6 is 0 Å². The zero-order chi connectivity index (χ0) is 9.47. The SMILES string of the molecule is CN(C)C12CCCC(CCC1)C2=O. The Morgan fingerprint density at radius 2 is 1.77 bits per heavy atom. The van der Waals surface area contributed by atoms with Crippen molar-refractivity contribution >= 4 is 5.78 Å². The third-order valence-corrected chi connectivity index (χ3v) is 3.97. The lowest BCUT2D eigenvalue weighted by molar-refractivity contribution is -0.141. The Kier molecular flexibility index (Phi) is 2.18. The predicted molar refractivity (Wildman–Crippen MR) is 52.6 cm³/mol. The van der Waals surface area contributed by atoms with Gasteiger partial charge in [0.15, 0.2) is 5.78 Å². The van der Waals surface area contributed by atoms with Crippen LogP contribution < -0.4 is 0 Å². The molecule has 0 spiro atoms. The van der Waals surface area contributed by atoms with Gasteiger partial charge in [0, 0.05) is 5.92 Å². The van der Waals surface area contributed by atoms with Gasteiger partial charge in [-0.2, -0.15) is 0 Å². The molecule has 0 amide bonds. The summed E-state index contributed by atoms with van der Waals surface area (Å²) in [5.41, 5.74) is -0.0683. The normalized spacial score (nSPS) is 39.6. The lowest BCUT2D eigenvalue weighted by atomic mass is 9.65. The summed E-state index contributed by atoms with van der Waals surface area (Å²) in [5.74, 6) is 0.930. The fraction of sp³-hybridized carbons (Fsp3) is 0.909. The second-order valence-electron chi connectivity index (χ2n) is 4.77. The van der Waals surface area contributed by atoms with Crippen LogP contribution in [0.3, 0.4) is 0 Å². The number of nitrogens with zero attached hydrogens (tertiary/aromatic N) is 1. The van der Waals surface area contributed by atoms with Gasteiger partial charge in [0.05, 0.1) is 5.54 Å². The molecule has 2 aliphatic rings. The van der Waals surface area contributed by atoms with Crippen molar-refractivity contribution in [2.45, 2.75) is 44.1 Å². The third-order valence-electron chi connectivity index (χ3n) is 3.97. The van der Waals surface area contributed by atoms with Crippen molar-refractivity contribution in [3.05, 3.63) is 0 Å². The fourth-order valence-electron chi connectivity index (χ4n) is 3.11. The molecule has 0 aromatic carbocycles. The van der Waals surface area contributed by atoms with Crippen LogP contribution in [0.2, 0.25) is 0 Å². The highest BCUT2D eigenvalue weighted by molar-refractivity contribution is 5.91. The maximum absolute atomic E-state index is 12.1. The van der Waals surface area contributed by atoms with Gasteiger partial charge >= 0.3 is 0 Å². The van der Waals surface area contributed by atoms with Gasteiger partial charge in [-0.3, -0.25) is 9.69 Å². The zero-order valence-electron chi connectivity index (χ0n) is 8.68. The number of carbonyl (C=O) groups is 1. The second kappa shape index (κ2) is 3.09. The first-order chi connectivity index (χ1) is 6.17. The van der Waals surface area contributed by atoms with E-state index in [2.05, 4.69) is 19.0 Å². The van der Waals surface area contributed by atoms with Gasteiger partial charge in [0.1, 0.15) is 0 Å². The molecule has 2 saturated carbocycles. The lowest BCUT2D eigenvalue weighted by Gasteiger charge is -2.47. The molecule has 0 aliphatic heterocycles. The first-order valence-electron chi connectivity index (χ1n) is 5.38. The second-order valence-corrected chi connectivity index (χ2v) is 4.77. The molecule has 0 aromatic heterocycles. The van der Waals surface area contributed by atoms with Crippen molar-refractivity contribution in [1.29, 1.82) is 0 Å². The molecule has 0 atom stereocenters. The Morgan fingerprint density at radius 1 is 1.23 bits per heavy atom. The molecule has 74 valence electrons. The van der Waals surface area contributed by atoms with Crippen LogP contribution in [-0.2, 0) is 4.79 Å². The average Bonchev–Trinajstić information content (AvgIpc) is 2.03. The molecule has 0 unspecified atom stereocenters. The fourth-order valence-corrected chi connectivity index (χ4v) is 3.11. The molecule has 2 aliphatic carbocycles. The van der Waals surface area contributed by atoms with Crippen LogP contribution in [0.4, 0.5) is 0 Å². The molecule has 0 N–H and O–H groups in total. The number of hydrogen-bond donors (Lipinski definition) is 0. The van der Waals surface area contributed by atoms with Gasteiger partial charge in [0.2, 0.25) is 0 Å². The van der Waals surface area contributed by atoms with Crippen molar-refractivity contribution in [2.24, 2.45) is 5.92 Å². The minimum absolute atomic E-state index is 0.0683. The maximum Gasteiger partial charge on any atom is 0.156 e. The van der Waals surface area contributed by atoms with E-state index in [9.17, 15) is 4.79 Å². The van der Waals surface area contributed by atoms with E-state index >= 15 is 0 Å². The molecule has 0 saturated heterocycles. The summed E-state index contributed by atoms with van der Waals surface area (Å²) < 4.78 is 0. The highest BCUT2D eigenvalue weighted by Gasteiger charge is 2.48. The molecule has 2 heteroatoms. The average molecular weight is 181 g/mol. The van der Waals surface area contributed by atoms with Crippen molar-refractivity contribution in [3.8, 4) is 0 Å². The van der Waals surface area contributed by atoms with E-state index in [1.165, 1.54) is 12.8 Å². The molecular weight excluding hydrogens is 162 g/mol. The van der Waals surface area contributed by atoms with E-state index in [1.807, 2.05) is 0 Å². The van der Waals surface area contributed by atoms with Gasteiger partial charge in [-0.25, -0.2) is 0 Å². The van der Waals surface area contributed by atoms with E-state index in [0.29, 0.717) is 11.7 Å². The Labute approximate surface area is 80.3 Å². The van der Waals surface area contributed by atoms with Gasteiger partial charge in [-0.05, 0) is 39.8 Å². The largest absolute Gasteiger partial charge is 0.297 e. The minimum Gasteiger partial charge on any atom is -0.297 e. The minimum atomic E-state index is -0.0683. The molecule has 0 heterocycles.